The summed E-state index contributed by atoms with van der Waals surface area (Å²) in [4.78, 5) is 15.0. The molecule has 0 aliphatic heterocycles. The molecule has 7 heteroatoms. The third-order valence-electron chi connectivity index (χ3n) is 2.44. The van der Waals surface area contributed by atoms with Crippen molar-refractivity contribution in [2.75, 3.05) is 5.43 Å². The zero-order valence-corrected chi connectivity index (χ0v) is 10.5. The fourth-order valence-electron chi connectivity index (χ4n) is 1.59. The van der Waals surface area contributed by atoms with Crippen molar-refractivity contribution >= 4 is 34.8 Å². The molecule has 0 amide bonds. The normalized spacial score (nSPS) is 11.2. The molecular weight excluding hydrogens is 264 g/mol. The van der Waals surface area contributed by atoms with Gasteiger partial charge in [0, 0.05) is 0 Å². The Labute approximate surface area is 113 Å². The van der Waals surface area contributed by atoms with Crippen LogP contribution in [0, 0.1) is 0 Å². The predicted molar refractivity (Wildman–Crippen MR) is 74.4 cm³/mol. The van der Waals surface area contributed by atoms with Crippen molar-refractivity contribution in [3.63, 3.8) is 0 Å². The maximum Gasteiger partial charge on any atom is 0.226 e. The quantitative estimate of drug-likeness (QED) is 0.436. The largest absolute Gasteiger partial charge is 0.340 e. The molecule has 94 valence electrons. The second-order valence-electron chi connectivity index (χ2n) is 3.72. The average molecular weight is 273 g/mol. The molecular formula is C12H9ClN6. The molecule has 0 saturated carbocycles. The second kappa shape index (κ2) is 5.03. The minimum absolute atomic E-state index is 0.122. The summed E-state index contributed by atoms with van der Waals surface area (Å²) in [6.07, 6.45) is 3.22. The number of aromatic nitrogens is 4. The zero-order chi connectivity index (χ0) is 13.1. The van der Waals surface area contributed by atoms with Crippen molar-refractivity contribution in [3.8, 4) is 0 Å². The van der Waals surface area contributed by atoms with E-state index in [0.29, 0.717) is 17.0 Å². The Balaban J connectivity index is 1.86. The fraction of sp³-hybridized carbons (Fsp3) is 0. The van der Waals surface area contributed by atoms with E-state index in [4.69, 9.17) is 11.6 Å². The van der Waals surface area contributed by atoms with Crippen LogP contribution in [-0.2, 0) is 0 Å². The number of hydrazone groups is 1. The van der Waals surface area contributed by atoms with Crippen LogP contribution in [-0.4, -0.2) is 26.2 Å². The smallest absolute Gasteiger partial charge is 0.226 e. The molecule has 3 rings (SSSR count). The van der Waals surface area contributed by atoms with Crippen molar-refractivity contribution in [1.82, 2.24) is 19.9 Å². The summed E-state index contributed by atoms with van der Waals surface area (Å²) in [5, 5.41) is 4.23. The van der Waals surface area contributed by atoms with Gasteiger partial charge in [-0.2, -0.15) is 15.1 Å². The van der Waals surface area contributed by atoms with Crippen LogP contribution >= 0.6 is 11.6 Å². The van der Waals surface area contributed by atoms with Gasteiger partial charge in [-0.05, 0) is 17.2 Å². The lowest BCUT2D eigenvalue weighted by molar-refractivity contribution is 1.17. The van der Waals surface area contributed by atoms with Crippen molar-refractivity contribution in [3.05, 3.63) is 47.5 Å². The first-order valence-corrected chi connectivity index (χ1v) is 5.91. The molecule has 3 aromatic rings. The number of imidazole rings is 1. The van der Waals surface area contributed by atoms with Crippen LogP contribution < -0.4 is 5.43 Å². The maximum atomic E-state index is 5.81. The van der Waals surface area contributed by atoms with E-state index in [1.54, 1.807) is 6.21 Å². The number of halogens is 1. The third-order valence-corrected chi connectivity index (χ3v) is 2.61. The summed E-state index contributed by atoms with van der Waals surface area (Å²) >= 11 is 5.81. The van der Waals surface area contributed by atoms with Crippen LogP contribution in [0.25, 0.3) is 11.2 Å². The lowest BCUT2D eigenvalue weighted by atomic mass is 10.2. The van der Waals surface area contributed by atoms with Crippen molar-refractivity contribution in [2.45, 2.75) is 0 Å². The highest BCUT2D eigenvalue weighted by atomic mass is 35.5. The van der Waals surface area contributed by atoms with Crippen LogP contribution in [0.15, 0.2) is 41.8 Å². The minimum Gasteiger partial charge on any atom is -0.340 e. The van der Waals surface area contributed by atoms with Crippen molar-refractivity contribution in [1.29, 1.82) is 0 Å². The first-order chi connectivity index (χ1) is 9.33. The monoisotopic (exact) mass is 272 g/mol. The highest BCUT2D eigenvalue weighted by Crippen LogP contribution is 2.18. The molecule has 0 unspecified atom stereocenters. The molecule has 0 bridgehead atoms. The van der Waals surface area contributed by atoms with Gasteiger partial charge in [0.2, 0.25) is 5.28 Å². The van der Waals surface area contributed by atoms with Gasteiger partial charge < -0.3 is 4.98 Å². The fourth-order valence-corrected chi connectivity index (χ4v) is 1.76. The van der Waals surface area contributed by atoms with Gasteiger partial charge in [-0.1, -0.05) is 30.3 Å². The molecule has 6 nitrogen and oxygen atoms in total. The molecule has 0 atom stereocenters. The Kier molecular flexibility index (Phi) is 3.07. The average Bonchev–Trinajstić information content (AvgIpc) is 2.88. The number of rotatable bonds is 3. The summed E-state index contributed by atoms with van der Waals surface area (Å²) in [5.74, 6) is 0.486. The number of anilines is 1. The number of benzene rings is 1. The van der Waals surface area contributed by atoms with E-state index in [1.165, 1.54) is 6.33 Å². The van der Waals surface area contributed by atoms with E-state index in [-0.39, 0.29) is 5.28 Å². The highest BCUT2D eigenvalue weighted by molar-refractivity contribution is 6.28. The van der Waals surface area contributed by atoms with E-state index < -0.39 is 0 Å². The van der Waals surface area contributed by atoms with Gasteiger partial charge in [0.05, 0.1) is 12.5 Å². The molecule has 2 aromatic heterocycles. The van der Waals surface area contributed by atoms with E-state index in [2.05, 4.69) is 30.5 Å². The summed E-state index contributed by atoms with van der Waals surface area (Å²) in [6.45, 7) is 0. The number of aromatic amines is 1. The number of H-pyrrole nitrogens is 1. The van der Waals surface area contributed by atoms with Gasteiger partial charge in [0.1, 0.15) is 5.52 Å². The van der Waals surface area contributed by atoms with Crippen LogP contribution in [0.4, 0.5) is 5.82 Å². The lowest BCUT2D eigenvalue weighted by Gasteiger charge is -2.00. The number of hydrogen-bond acceptors (Lipinski definition) is 5. The summed E-state index contributed by atoms with van der Waals surface area (Å²) in [6, 6.07) is 9.73. The lowest BCUT2D eigenvalue weighted by Crippen LogP contribution is -1.97. The van der Waals surface area contributed by atoms with Crippen LogP contribution in [0.5, 0.6) is 0 Å². The standard InChI is InChI=1S/C12H9ClN6/c13-12-17-10-9(14-7-15-10)11(18-12)19-16-6-8-4-2-1-3-5-8/h1-7H,(H2,14,15,17,18,19)/b16-6+. The molecule has 0 aliphatic rings. The highest BCUT2D eigenvalue weighted by Gasteiger charge is 2.07. The second-order valence-corrected chi connectivity index (χ2v) is 4.06. The number of hydrogen-bond donors (Lipinski definition) is 2. The molecule has 0 radical (unpaired) electrons. The molecule has 2 N–H and O–H groups in total. The zero-order valence-electron chi connectivity index (χ0n) is 9.71. The van der Waals surface area contributed by atoms with Crippen LogP contribution in [0.1, 0.15) is 5.56 Å². The number of nitrogens with zero attached hydrogens (tertiary/aromatic N) is 4. The summed E-state index contributed by atoms with van der Waals surface area (Å²) in [7, 11) is 0. The van der Waals surface area contributed by atoms with E-state index >= 15 is 0 Å². The SMILES string of the molecule is Clc1nc(N/N=C/c2ccccc2)c2[nH]cnc2n1. The maximum absolute atomic E-state index is 5.81. The minimum atomic E-state index is 0.122. The third kappa shape index (κ3) is 2.53. The van der Waals surface area contributed by atoms with E-state index in [1.807, 2.05) is 30.3 Å². The van der Waals surface area contributed by atoms with Gasteiger partial charge in [-0.3, -0.25) is 5.43 Å². The van der Waals surface area contributed by atoms with Crippen LogP contribution in [0.2, 0.25) is 5.28 Å². The van der Waals surface area contributed by atoms with Gasteiger partial charge in [-0.25, -0.2) is 4.98 Å². The Hall–Kier alpha value is -2.47. The van der Waals surface area contributed by atoms with Crippen molar-refractivity contribution in [2.24, 2.45) is 5.10 Å². The number of nitrogens with one attached hydrogen (secondary N) is 2. The van der Waals surface area contributed by atoms with Gasteiger partial charge in [0.25, 0.3) is 0 Å². The number of fused-ring (bicyclic) bond motifs is 1. The molecule has 0 fully saturated rings. The van der Waals surface area contributed by atoms with Crippen LogP contribution in [0.3, 0.4) is 0 Å². The Morgan fingerprint density at radius 3 is 2.89 bits per heavy atom. The summed E-state index contributed by atoms with van der Waals surface area (Å²) < 4.78 is 0. The first kappa shape index (κ1) is 11.6. The van der Waals surface area contributed by atoms with Gasteiger partial charge >= 0.3 is 0 Å². The molecule has 19 heavy (non-hydrogen) atoms. The van der Waals surface area contributed by atoms with Gasteiger partial charge in [-0.15, -0.1) is 0 Å². The topological polar surface area (TPSA) is 78.9 Å². The van der Waals surface area contributed by atoms with Gasteiger partial charge in [0.15, 0.2) is 11.5 Å². The Morgan fingerprint density at radius 1 is 1.21 bits per heavy atom. The van der Waals surface area contributed by atoms with E-state index in [9.17, 15) is 0 Å². The molecule has 0 spiro atoms. The first-order valence-electron chi connectivity index (χ1n) is 5.54. The molecule has 0 saturated heterocycles. The molecule has 2 heterocycles. The molecule has 1 aromatic carbocycles. The Morgan fingerprint density at radius 2 is 2.05 bits per heavy atom. The van der Waals surface area contributed by atoms with Crippen molar-refractivity contribution < 1.29 is 0 Å². The van der Waals surface area contributed by atoms with E-state index in [0.717, 1.165) is 5.56 Å². The predicted octanol–water partition coefficient (Wildman–Crippen LogP) is 2.45. The summed E-state index contributed by atoms with van der Waals surface area (Å²) in [5.41, 5.74) is 4.97. The Bertz CT molecular complexity index is 721. The molecule has 0 aliphatic carbocycles.